The SMILES string of the molecule is O=C1NC(C(=O)OCc2ccccc2)CC1Cc1ccccc1. The number of nitrogens with one attached hydrogen (secondary N) is 1. The molecule has 1 amide bonds. The molecular weight excluding hydrogens is 290 g/mol. The van der Waals surface area contributed by atoms with Crippen molar-refractivity contribution in [1.29, 1.82) is 0 Å². The van der Waals surface area contributed by atoms with Gasteiger partial charge in [0.25, 0.3) is 0 Å². The molecule has 4 nitrogen and oxygen atoms in total. The number of benzene rings is 2. The first-order valence-corrected chi connectivity index (χ1v) is 7.77. The molecule has 1 fully saturated rings. The second-order valence-corrected chi connectivity index (χ2v) is 5.78. The fourth-order valence-corrected chi connectivity index (χ4v) is 2.80. The Kier molecular flexibility index (Phi) is 4.71. The second-order valence-electron chi connectivity index (χ2n) is 5.78. The molecule has 4 heteroatoms. The van der Waals surface area contributed by atoms with Crippen molar-refractivity contribution in [2.45, 2.75) is 25.5 Å². The molecule has 0 bridgehead atoms. The van der Waals surface area contributed by atoms with Crippen LogP contribution in [0, 0.1) is 5.92 Å². The summed E-state index contributed by atoms with van der Waals surface area (Å²) in [5.41, 5.74) is 2.04. The predicted octanol–water partition coefficient (Wildman–Crippen LogP) is 2.48. The predicted molar refractivity (Wildman–Crippen MR) is 86.4 cm³/mol. The van der Waals surface area contributed by atoms with Crippen molar-refractivity contribution >= 4 is 11.9 Å². The number of ether oxygens (including phenoxy) is 1. The molecule has 1 N–H and O–H groups in total. The van der Waals surface area contributed by atoms with Crippen LogP contribution in [0.4, 0.5) is 0 Å². The molecular formula is C19H19NO3. The number of amides is 1. The summed E-state index contributed by atoms with van der Waals surface area (Å²) in [6.07, 6.45) is 1.14. The highest BCUT2D eigenvalue weighted by atomic mass is 16.5. The normalized spacial score (nSPS) is 20.1. The van der Waals surface area contributed by atoms with Gasteiger partial charge in [-0.15, -0.1) is 0 Å². The van der Waals surface area contributed by atoms with E-state index in [9.17, 15) is 9.59 Å². The first-order valence-electron chi connectivity index (χ1n) is 7.77. The van der Waals surface area contributed by atoms with Crippen LogP contribution >= 0.6 is 0 Å². The molecule has 0 aromatic heterocycles. The smallest absolute Gasteiger partial charge is 0.328 e. The lowest BCUT2D eigenvalue weighted by molar-refractivity contribution is -0.147. The van der Waals surface area contributed by atoms with Crippen LogP contribution in [-0.2, 0) is 27.4 Å². The van der Waals surface area contributed by atoms with Crippen molar-refractivity contribution in [3.8, 4) is 0 Å². The van der Waals surface area contributed by atoms with Gasteiger partial charge >= 0.3 is 5.97 Å². The monoisotopic (exact) mass is 309 g/mol. The fourth-order valence-electron chi connectivity index (χ4n) is 2.80. The minimum Gasteiger partial charge on any atom is -0.459 e. The van der Waals surface area contributed by atoms with E-state index in [2.05, 4.69) is 5.32 Å². The molecule has 118 valence electrons. The maximum Gasteiger partial charge on any atom is 0.328 e. The number of esters is 1. The molecule has 1 aliphatic rings. The van der Waals surface area contributed by atoms with Crippen LogP contribution in [-0.4, -0.2) is 17.9 Å². The highest BCUT2D eigenvalue weighted by molar-refractivity contribution is 5.89. The molecule has 1 aliphatic heterocycles. The van der Waals surface area contributed by atoms with Crippen LogP contribution in [0.3, 0.4) is 0 Å². The van der Waals surface area contributed by atoms with Gasteiger partial charge in [-0.3, -0.25) is 4.79 Å². The summed E-state index contributed by atoms with van der Waals surface area (Å²) < 4.78 is 5.31. The van der Waals surface area contributed by atoms with Crippen LogP contribution < -0.4 is 5.32 Å². The zero-order valence-electron chi connectivity index (χ0n) is 12.8. The third-order valence-corrected chi connectivity index (χ3v) is 4.04. The van der Waals surface area contributed by atoms with E-state index in [4.69, 9.17) is 4.74 Å². The topological polar surface area (TPSA) is 55.4 Å². The van der Waals surface area contributed by atoms with Crippen molar-refractivity contribution in [2.75, 3.05) is 0 Å². The Labute approximate surface area is 135 Å². The third kappa shape index (κ3) is 3.97. The molecule has 2 unspecified atom stereocenters. The van der Waals surface area contributed by atoms with Crippen molar-refractivity contribution < 1.29 is 14.3 Å². The summed E-state index contributed by atoms with van der Waals surface area (Å²) in [7, 11) is 0. The molecule has 23 heavy (non-hydrogen) atoms. The van der Waals surface area contributed by atoms with E-state index in [1.807, 2.05) is 60.7 Å². The molecule has 0 spiro atoms. The summed E-state index contributed by atoms with van der Waals surface area (Å²) in [5, 5.41) is 2.75. The number of hydrogen-bond donors (Lipinski definition) is 1. The molecule has 2 aromatic rings. The molecule has 0 aliphatic carbocycles. The summed E-state index contributed by atoms with van der Waals surface area (Å²) in [5.74, 6) is -0.611. The third-order valence-electron chi connectivity index (χ3n) is 4.04. The minimum absolute atomic E-state index is 0.0736. The fraction of sp³-hybridized carbons (Fsp3) is 0.263. The maximum atomic E-state index is 12.1. The van der Waals surface area contributed by atoms with Gasteiger partial charge in [0.2, 0.25) is 5.91 Å². The van der Waals surface area contributed by atoms with E-state index in [-0.39, 0.29) is 24.4 Å². The summed E-state index contributed by atoms with van der Waals surface area (Å²) in [6, 6.07) is 18.8. The Bertz CT molecular complexity index is 670. The Balaban J connectivity index is 1.53. The quantitative estimate of drug-likeness (QED) is 0.863. The van der Waals surface area contributed by atoms with Crippen LogP contribution in [0.2, 0.25) is 0 Å². The molecule has 0 radical (unpaired) electrons. The molecule has 1 saturated heterocycles. The van der Waals surface area contributed by atoms with Crippen molar-refractivity contribution in [3.05, 3.63) is 71.8 Å². The van der Waals surface area contributed by atoms with Gasteiger partial charge in [0.1, 0.15) is 12.6 Å². The van der Waals surface area contributed by atoms with Gasteiger partial charge in [-0.05, 0) is 24.0 Å². The van der Waals surface area contributed by atoms with Gasteiger partial charge in [0, 0.05) is 5.92 Å². The van der Waals surface area contributed by atoms with E-state index in [0.29, 0.717) is 12.8 Å². The van der Waals surface area contributed by atoms with Gasteiger partial charge in [-0.2, -0.15) is 0 Å². The number of carbonyl (C=O) groups is 2. The lowest BCUT2D eigenvalue weighted by Gasteiger charge is -2.10. The van der Waals surface area contributed by atoms with Crippen molar-refractivity contribution in [3.63, 3.8) is 0 Å². The van der Waals surface area contributed by atoms with Gasteiger partial charge in [-0.1, -0.05) is 60.7 Å². The first kappa shape index (κ1) is 15.3. The van der Waals surface area contributed by atoms with Gasteiger partial charge in [0.15, 0.2) is 0 Å². The lowest BCUT2D eigenvalue weighted by Crippen LogP contribution is -2.34. The summed E-state index contributed by atoms with van der Waals surface area (Å²) >= 11 is 0. The lowest BCUT2D eigenvalue weighted by atomic mass is 9.96. The average Bonchev–Trinajstić information content (AvgIpc) is 2.95. The Morgan fingerprint density at radius 3 is 2.26 bits per heavy atom. The second kappa shape index (κ2) is 7.09. The number of carbonyl (C=O) groups excluding carboxylic acids is 2. The molecule has 3 rings (SSSR count). The van der Waals surface area contributed by atoms with Gasteiger partial charge in [-0.25, -0.2) is 4.79 Å². The van der Waals surface area contributed by atoms with Crippen LogP contribution in [0.25, 0.3) is 0 Å². The zero-order valence-corrected chi connectivity index (χ0v) is 12.8. The number of rotatable bonds is 5. The van der Waals surface area contributed by atoms with E-state index in [0.717, 1.165) is 11.1 Å². The highest BCUT2D eigenvalue weighted by Crippen LogP contribution is 2.21. The zero-order chi connectivity index (χ0) is 16.1. The van der Waals surface area contributed by atoms with Crippen molar-refractivity contribution in [1.82, 2.24) is 5.32 Å². The Hall–Kier alpha value is -2.62. The van der Waals surface area contributed by atoms with E-state index in [1.54, 1.807) is 0 Å². The largest absolute Gasteiger partial charge is 0.459 e. The number of hydrogen-bond acceptors (Lipinski definition) is 3. The minimum atomic E-state index is -0.542. The van der Waals surface area contributed by atoms with Gasteiger partial charge in [0.05, 0.1) is 0 Å². The maximum absolute atomic E-state index is 12.1. The van der Waals surface area contributed by atoms with E-state index in [1.165, 1.54) is 0 Å². The molecule has 2 aromatic carbocycles. The van der Waals surface area contributed by atoms with Crippen molar-refractivity contribution in [2.24, 2.45) is 5.92 Å². The van der Waals surface area contributed by atoms with Gasteiger partial charge < -0.3 is 10.1 Å². The Morgan fingerprint density at radius 2 is 1.61 bits per heavy atom. The van der Waals surface area contributed by atoms with Crippen LogP contribution in [0.15, 0.2) is 60.7 Å². The van der Waals surface area contributed by atoms with Crippen LogP contribution in [0.5, 0.6) is 0 Å². The molecule has 0 saturated carbocycles. The van der Waals surface area contributed by atoms with E-state index < -0.39 is 6.04 Å². The highest BCUT2D eigenvalue weighted by Gasteiger charge is 2.36. The first-order chi connectivity index (χ1) is 11.2. The average molecular weight is 309 g/mol. The Morgan fingerprint density at radius 1 is 1.00 bits per heavy atom. The standard InChI is InChI=1S/C19H19NO3/c21-18-16(11-14-7-3-1-4-8-14)12-17(20-18)19(22)23-13-15-9-5-2-6-10-15/h1-10,16-17H,11-13H2,(H,20,21). The molecule has 1 heterocycles. The summed E-state index contributed by atoms with van der Waals surface area (Å²) in [6.45, 7) is 0.232. The van der Waals surface area contributed by atoms with Crippen LogP contribution in [0.1, 0.15) is 17.5 Å². The molecule has 2 atom stereocenters. The summed E-state index contributed by atoms with van der Waals surface area (Å²) in [4.78, 5) is 24.2. The van der Waals surface area contributed by atoms with E-state index >= 15 is 0 Å².